The summed E-state index contributed by atoms with van der Waals surface area (Å²) >= 11 is 0. The fourth-order valence-corrected chi connectivity index (χ4v) is 4.37. The maximum atomic E-state index is 13.0. The maximum Gasteiger partial charge on any atom is 0.410 e. The molecule has 0 aliphatic carbocycles. The molecule has 2 unspecified atom stereocenters. The molecule has 168 valence electrons. The maximum absolute atomic E-state index is 13.0. The van der Waals surface area contributed by atoms with Gasteiger partial charge in [-0.15, -0.1) is 0 Å². The Morgan fingerprint density at radius 2 is 1.91 bits per heavy atom. The monoisotopic (exact) mass is 435 g/mol. The number of carbonyl (C=O) groups is 2. The number of rotatable bonds is 3. The Balaban J connectivity index is 1.54. The molecule has 7 heteroatoms. The lowest BCUT2D eigenvalue weighted by molar-refractivity contribution is -0.121. The lowest BCUT2D eigenvalue weighted by Crippen LogP contribution is -2.43. The summed E-state index contributed by atoms with van der Waals surface area (Å²) in [4.78, 5) is 35.7. The van der Waals surface area contributed by atoms with Gasteiger partial charge in [0.1, 0.15) is 5.60 Å². The minimum absolute atomic E-state index is 0.170. The first-order valence-electron chi connectivity index (χ1n) is 10.9. The average molecular weight is 436 g/mol. The van der Waals surface area contributed by atoms with Gasteiger partial charge in [-0.25, -0.2) is 9.79 Å². The second kappa shape index (κ2) is 8.13. The van der Waals surface area contributed by atoms with E-state index in [1.54, 1.807) is 33.2 Å². The number of aromatic nitrogens is 1. The van der Waals surface area contributed by atoms with Gasteiger partial charge in [0.05, 0.1) is 24.1 Å². The Labute approximate surface area is 188 Å². The summed E-state index contributed by atoms with van der Waals surface area (Å²) in [7, 11) is 0. The molecule has 1 N–H and O–H groups in total. The zero-order valence-corrected chi connectivity index (χ0v) is 18.9. The normalized spacial score (nSPS) is 25.7. The van der Waals surface area contributed by atoms with Gasteiger partial charge in [0.15, 0.2) is 0 Å². The van der Waals surface area contributed by atoms with Crippen molar-refractivity contribution in [3.63, 3.8) is 0 Å². The van der Waals surface area contributed by atoms with E-state index in [0.717, 1.165) is 16.7 Å². The highest BCUT2D eigenvalue weighted by Gasteiger charge is 2.48. The zero-order valence-electron chi connectivity index (χ0n) is 18.9. The molecule has 1 fully saturated rings. The summed E-state index contributed by atoms with van der Waals surface area (Å²) < 4.78 is 5.51. The van der Waals surface area contributed by atoms with E-state index in [1.165, 1.54) is 4.90 Å². The van der Waals surface area contributed by atoms with Crippen molar-refractivity contribution in [3.8, 4) is 11.1 Å². The number of benzene rings is 1. The van der Waals surface area contributed by atoms with Crippen LogP contribution in [0.1, 0.15) is 46.1 Å². The smallest absolute Gasteiger partial charge is 0.410 e. The molecule has 2 aliphatic heterocycles. The van der Waals surface area contributed by atoms with E-state index in [0.29, 0.717) is 18.6 Å². The quantitative estimate of drug-likeness (QED) is 0.793. The molecule has 32 heavy (non-hydrogen) atoms. The number of pyridine rings is 1. The minimum atomic E-state index is -0.810. The average Bonchev–Trinajstić information content (AvgIpc) is 3.28. The van der Waals surface area contributed by atoms with Crippen molar-refractivity contribution in [1.82, 2.24) is 9.88 Å². The predicted octanol–water partition coefficient (Wildman–Crippen LogP) is 3.75. The summed E-state index contributed by atoms with van der Waals surface area (Å²) in [6.07, 6.45) is 3.11. The van der Waals surface area contributed by atoms with Crippen LogP contribution in [0.5, 0.6) is 0 Å². The molecule has 0 bridgehead atoms. The number of nitrogens with zero attached hydrogens (tertiary/aromatic N) is 3. The zero-order chi connectivity index (χ0) is 23.1. The van der Waals surface area contributed by atoms with Crippen LogP contribution in [-0.2, 0) is 14.9 Å². The molecular formula is C25H29N3O4. The first kappa shape index (κ1) is 22.1. The van der Waals surface area contributed by atoms with Crippen LogP contribution < -0.4 is 0 Å². The minimum Gasteiger partial charge on any atom is -0.444 e. The van der Waals surface area contributed by atoms with Crippen molar-refractivity contribution < 1.29 is 19.4 Å². The van der Waals surface area contributed by atoms with Crippen LogP contribution in [0, 0.1) is 0 Å². The third-order valence-electron chi connectivity index (χ3n) is 6.06. The Kier molecular flexibility index (Phi) is 5.63. The number of carbonyl (C=O) groups excluding carboxylic acids is 2. The molecule has 3 atom stereocenters. The van der Waals surface area contributed by atoms with Gasteiger partial charge in [0, 0.05) is 30.9 Å². The van der Waals surface area contributed by atoms with Crippen LogP contribution in [0.25, 0.3) is 11.1 Å². The number of aliphatic hydroxyl groups excluding tert-OH is 1. The molecule has 1 aromatic carbocycles. The highest BCUT2D eigenvalue weighted by Crippen LogP contribution is 2.38. The first-order valence-corrected chi connectivity index (χ1v) is 10.9. The van der Waals surface area contributed by atoms with E-state index in [1.807, 2.05) is 43.3 Å². The summed E-state index contributed by atoms with van der Waals surface area (Å²) in [5, 5.41) is 10.2. The third kappa shape index (κ3) is 4.30. The van der Waals surface area contributed by atoms with Gasteiger partial charge in [-0.2, -0.15) is 0 Å². The van der Waals surface area contributed by atoms with Crippen molar-refractivity contribution in [2.75, 3.05) is 6.54 Å². The van der Waals surface area contributed by atoms with Crippen LogP contribution in [-0.4, -0.2) is 57.0 Å². The Morgan fingerprint density at radius 1 is 1.19 bits per heavy atom. The van der Waals surface area contributed by atoms with Gasteiger partial charge < -0.3 is 9.84 Å². The molecule has 0 saturated carbocycles. The fraction of sp³-hybridized carbons (Fsp3) is 0.440. The molecule has 0 spiro atoms. The molecule has 1 saturated heterocycles. The Bertz CT molecular complexity index is 1040. The highest BCUT2D eigenvalue weighted by atomic mass is 16.6. The number of β-amino-alcohol motifs (C(OH)–C–C–N with tert-alkyl or cyclic N) is 1. The van der Waals surface area contributed by atoms with E-state index in [4.69, 9.17) is 4.74 Å². The summed E-state index contributed by atoms with van der Waals surface area (Å²) in [5.74, 6) is -0.229. The molecule has 7 nitrogen and oxygen atoms in total. The number of likely N-dealkylation sites (tertiary alicyclic amines) is 1. The van der Waals surface area contributed by atoms with Crippen molar-refractivity contribution >= 4 is 17.7 Å². The van der Waals surface area contributed by atoms with Crippen molar-refractivity contribution in [2.45, 2.75) is 63.7 Å². The Hall–Kier alpha value is -3.06. The molecule has 4 rings (SSSR count). The topological polar surface area (TPSA) is 92.1 Å². The van der Waals surface area contributed by atoms with Crippen LogP contribution in [0.2, 0.25) is 0 Å². The van der Waals surface area contributed by atoms with Gasteiger partial charge in [-0.3, -0.25) is 14.7 Å². The van der Waals surface area contributed by atoms with Gasteiger partial charge in [-0.1, -0.05) is 30.3 Å². The standard InChI is InChI=1S/C25H29N3O4/c1-24(2,3)32-23(31)28-15-19(29)12-21(28)20-13-25(4,22(30)27-20)18-9-7-16(8-10-18)17-6-5-11-26-14-17/h5-11,14,19,21,29H,12-13,15H2,1-4H3/t19-,21?,25?/m1/s1. The molecule has 1 aromatic heterocycles. The van der Waals surface area contributed by atoms with E-state index in [9.17, 15) is 14.7 Å². The molecule has 2 aliphatic rings. The first-order chi connectivity index (χ1) is 15.1. The molecule has 2 aromatic rings. The van der Waals surface area contributed by atoms with E-state index < -0.39 is 29.3 Å². The second-order valence-corrected chi connectivity index (χ2v) is 9.77. The molecule has 2 amide bonds. The van der Waals surface area contributed by atoms with Crippen molar-refractivity contribution in [1.29, 1.82) is 0 Å². The highest BCUT2D eigenvalue weighted by molar-refractivity contribution is 6.11. The summed E-state index contributed by atoms with van der Waals surface area (Å²) in [6, 6.07) is 11.3. The predicted molar refractivity (Wildman–Crippen MR) is 121 cm³/mol. The fourth-order valence-electron chi connectivity index (χ4n) is 4.37. The van der Waals surface area contributed by atoms with E-state index in [2.05, 4.69) is 9.98 Å². The van der Waals surface area contributed by atoms with E-state index >= 15 is 0 Å². The number of aliphatic imine (C=N–C) groups is 1. The largest absolute Gasteiger partial charge is 0.444 e. The number of aliphatic hydroxyl groups is 1. The third-order valence-corrected chi connectivity index (χ3v) is 6.06. The van der Waals surface area contributed by atoms with Crippen LogP contribution in [0.15, 0.2) is 53.8 Å². The van der Waals surface area contributed by atoms with Crippen molar-refractivity contribution in [3.05, 3.63) is 54.4 Å². The van der Waals surface area contributed by atoms with Crippen molar-refractivity contribution in [2.24, 2.45) is 4.99 Å². The van der Waals surface area contributed by atoms with Crippen LogP contribution in [0.3, 0.4) is 0 Å². The molecular weight excluding hydrogens is 406 g/mol. The Morgan fingerprint density at radius 3 is 2.53 bits per heavy atom. The number of amides is 2. The summed E-state index contributed by atoms with van der Waals surface area (Å²) in [6.45, 7) is 7.46. The molecule has 0 radical (unpaired) electrons. The van der Waals surface area contributed by atoms with Crippen LogP contribution in [0.4, 0.5) is 4.79 Å². The van der Waals surface area contributed by atoms with Gasteiger partial charge in [-0.05, 0) is 50.5 Å². The lowest BCUT2D eigenvalue weighted by Gasteiger charge is -2.29. The number of ether oxygens (including phenoxy) is 1. The second-order valence-electron chi connectivity index (χ2n) is 9.77. The number of hydrogen-bond acceptors (Lipinski definition) is 5. The SMILES string of the molecule is CC(C)(C)OC(=O)N1C[C@H](O)CC1C1=NC(=O)C(C)(c2ccc(-c3cccnc3)cc2)C1. The van der Waals surface area contributed by atoms with Gasteiger partial charge in [0.25, 0.3) is 5.91 Å². The van der Waals surface area contributed by atoms with E-state index in [-0.39, 0.29) is 12.5 Å². The summed E-state index contributed by atoms with van der Waals surface area (Å²) in [5.41, 5.74) is 2.06. The number of hydrogen-bond donors (Lipinski definition) is 1. The van der Waals surface area contributed by atoms with Gasteiger partial charge in [0.2, 0.25) is 0 Å². The van der Waals surface area contributed by atoms with Gasteiger partial charge >= 0.3 is 6.09 Å². The van der Waals surface area contributed by atoms with Crippen LogP contribution >= 0.6 is 0 Å². The lowest BCUT2D eigenvalue weighted by atomic mass is 9.78. The molecule has 3 heterocycles.